The molecule has 0 saturated carbocycles. The Bertz CT molecular complexity index is 1130. The van der Waals surface area contributed by atoms with Crippen LogP contribution in [0, 0.1) is 11.8 Å². The van der Waals surface area contributed by atoms with Gasteiger partial charge in [-0.2, -0.15) is 0 Å². The van der Waals surface area contributed by atoms with E-state index >= 15 is 0 Å². The molecule has 8 heteroatoms. The minimum atomic E-state index is -0.269. The van der Waals surface area contributed by atoms with Gasteiger partial charge in [0, 0.05) is 28.7 Å². The molecule has 3 unspecified atom stereocenters. The second-order valence-corrected chi connectivity index (χ2v) is 13.4. The third kappa shape index (κ3) is 5.13. The van der Waals surface area contributed by atoms with Crippen molar-refractivity contribution in [1.82, 2.24) is 4.57 Å². The molecule has 0 aromatic carbocycles. The molecule has 1 N–H and O–H groups in total. The molecule has 3 atom stereocenters. The van der Waals surface area contributed by atoms with Gasteiger partial charge in [-0.3, -0.25) is 4.79 Å². The molecular formula is C24H26Br2N2O2S2. The van der Waals surface area contributed by atoms with Gasteiger partial charge in [0.1, 0.15) is 0 Å². The van der Waals surface area contributed by atoms with Crippen molar-refractivity contribution in [3.05, 3.63) is 58.9 Å². The van der Waals surface area contributed by atoms with E-state index in [1.807, 2.05) is 15.9 Å². The Balaban J connectivity index is 1.59. The predicted octanol–water partition coefficient (Wildman–Crippen LogP) is 7.88. The Morgan fingerprint density at radius 3 is 2.44 bits per heavy atom. The fraction of sp³-hybridized carbons (Fsp3) is 0.417. The SMILES string of the molecule is CCC(Cc1ccc(Br)s1)CC(c1ccc(Br)s1)C(CC)Cn1cc2c(c1O)C=NC2=O. The van der Waals surface area contributed by atoms with Crippen molar-refractivity contribution in [2.75, 3.05) is 0 Å². The first-order valence-electron chi connectivity index (χ1n) is 10.9. The number of halogens is 2. The summed E-state index contributed by atoms with van der Waals surface area (Å²) in [6.07, 6.45) is 7.55. The van der Waals surface area contributed by atoms with E-state index in [0.717, 1.165) is 29.5 Å². The number of thiophene rings is 2. The quantitative estimate of drug-likeness (QED) is 0.258. The van der Waals surface area contributed by atoms with Gasteiger partial charge in [-0.1, -0.05) is 26.7 Å². The van der Waals surface area contributed by atoms with Crippen molar-refractivity contribution in [2.45, 2.75) is 52.0 Å². The summed E-state index contributed by atoms with van der Waals surface area (Å²) in [5.41, 5.74) is 1.05. The summed E-state index contributed by atoms with van der Waals surface area (Å²) in [6, 6.07) is 8.73. The number of hydrogen-bond acceptors (Lipinski definition) is 4. The van der Waals surface area contributed by atoms with E-state index in [1.54, 1.807) is 17.5 Å². The van der Waals surface area contributed by atoms with E-state index in [0.29, 0.717) is 35.4 Å². The minimum Gasteiger partial charge on any atom is -0.494 e. The zero-order valence-electron chi connectivity index (χ0n) is 18.1. The van der Waals surface area contributed by atoms with Crippen LogP contribution in [0.3, 0.4) is 0 Å². The van der Waals surface area contributed by atoms with Gasteiger partial charge in [0.05, 0.1) is 18.7 Å². The smallest absolute Gasteiger partial charge is 0.279 e. The molecule has 1 amide bonds. The third-order valence-electron chi connectivity index (χ3n) is 6.40. The molecule has 1 aliphatic rings. The Labute approximate surface area is 213 Å². The van der Waals surface area contributed by atoms with Crippen molar-refractivity contribution in [3.63, 3.8) is 0 Å². The lowest BCUT2D eigenvalue weighted by Crippen LogP contribution is -2.21. The molecule has 0 bridgehead atoms. The van der Waals surface area contributed by atoms with Crippen LogP contribution >= 0.6 is 54.5 Å². The van der Waals surface area contributed by atoms with E-state index in [2.05, 4.69) is 75.0 Å². The average molecular weight is 598 g/mol. The molecule has 0 radical (unpaired) electrons. The lowest BCUT2D eigenvalue weighted by molar-refractivity contribution is 0.101. The molecule has 0 spiro atoms. The van der Waals surface area contributed by atoms with Crippen LogP contribution in [0.4, 0.5) is 0 Å². The Morgan fingerprint density at radius 1 is 1.09 bits per heavy atom. The van der Waals surface area contributed by atoms with E-state index in [-0.39, 0.29) is 11.8 Å². The standard InChI is InChI=1S/C24H26Br2N2O2S2/c1-3-14(9-16-5-7-21(25)31-16)10-17(20-6-8-22(26)32-20)15(4-2)12-28-13-19-18(24(28)30)11-27-23(19)29/h5-8,11,13-15,17,30H,3-4,9-10,12H2,1-2H3. The zero-order chi connectivity index (χ0) is 22.8. The average Bonchev–Trinajstić information content (AvgIpc) is 3.53. The molecule has 0 saturated heterocycles. The van der Waals surface area contributed by atoms with Crippen LogP contribution in [0.15, 0.2) is 43.0 Å². The number of aliphatic imine (C=N–C) groups is 1. The first kappa shape index (κ1) is 23.9. The summed E-state index contributed by atoms with van der Waals surface area (Å²) in [4.78, 5) is 18.6. The third-order valence-corrected chi connectivity index (χ3v) is 9.80. The number of aromatic nitrogens is 1. The van der Waals surface area contributed by atoms with Gasteiger partial charge in [0.25, 0.3) is 5.91 Å². The summed E-state index contributed by atoms with van der Waals surface area (Å²) in [5, 5.41) is 10.7. The maximum Gasteiger partial charge on any atom is 0.279 e. The highest BCUT2D eigenvalue weighted by molar-refractivity contribution is 9.11. The van der Waals surface area contributed by atoms with Crippen LogP contribution in [0.25, 0.3) is 0 Å². The molecule has 0 aliphatic carbocycles. The normalized spacial score (nSPS) is 15.8. The van der Waals surface area contributed by atoms with Crippen molar-refractivity contribution in [3.8, 4) is 5.88 Å². The van der Waals surface area contributed by atoms with E-state index in [4.69, 9.17) is 0 Å². The van der Waals surface area contributed by atoms with E-state index in [1.165, 1.54) is 19.8 Å². The maximum absolute atomic E-state index is 12.0. The van der Waals surface area contributed by atoms with Gasteiger partial charge in [-0.05, 0) is 86.7 Å². The van der Waals surface area contributed by atoms with Gasteiger partial charge in [-0.15, -0.1) is 22.7 Å². The molecule has 4 heterocycles. The van der Waals surface area contributed by atoms with Crippen LogP contribution in [0.2, 0.25) is 0 Å². The Hall–Kier alpha value is -1.22. The molecule has 170 valence electrons. The van der Waals surface area contributed by atoms with Gasteiger partial charge in [-0.25, -0.2) is 4.99 Å². The lowest BCUT2D eigenvalue weighted by Gasteiger charge is -2.29. The highest BCUT2D eigenvalue weighted by Crippen LogP contribution is 2.42. The van der Waals surface area contributed by atoms with Gasteiger partial charge >= 0.3 is 0 Å². The summed E-state index contributed by atoms with van der Waals surface area (Å²) < 4.78 is 4.17. The van der Waals surface area contributed by atoms with Crippen molar-refractivity contribution in [1.29, 1.82) is 0 Å². The minimum absolute atomic E-state index is 0.148. The lowest BCUT2D eigenvalue weighted by atomic mass is 9.80. The summed E-state index contributed by atoms with van der Waals surface area (Å²) >= 11 is 10.9. The molecular weight excluding hydrogens is 572 g/mol. The van der Waals surface area contributed by atoms with Crippen LogP contribution < -0.4 is 0 Å². The molecule has 32 heavy (non-hydrogen) atoms. The zero-order valence-corrected chi connectivity index (χ0v) is 22.9. The number of hydrogen-bond donors (Lipinski definition) is 1. The predicted molar refractivity (Wildman–Crippen MR) is 141 cm³/mol. The molecule has 3 aromatic rings. The highest BCUT2D eigenvalue weighted by atomic mass is 79.9. The van der Waals surface area contributed by atoms with Crippen molar-refractivity contribution >= 4 is 66.7 Å². The van der Waals surface area contributed by atoms with E-state index in [9.17, 15) is 9.90 Å². The number of carbonyl (C=O) groups excluding carboxylic acids is 1. The largest absolute Gasteiger partial charge is 0.494 e. The van der Waals surface area contributed by atoms with E-state index < -0.39 is 0 Å². The number of fused-ring (bicyclic) bond motifs is 1. The first-order valence-corrected chi connectivity index (χ1v) is 14.1. The highest BCUT2D eigenvalue weighted by Gasteiger charge is 2.30. The summed E-state index contributed by atoms with van der Waals surface area (Å²) in [6.45, 7) is 5.18. The van der Waals surface area contributed by atoms with Crippen LogP contribution in [0.1, 0.15) is 64.7 Å². The molecule has 0 fully saturated rings. The second kappa shape index (κ2) is 10.4. The van der Waals surface area contributed by atoms with Gasteiger partial charge < -0.3 is 9.67 Å². The summed E-state index contributed by atoms with van der Waals surface area (Å²) in [5.74, 6) is 1.18. The maximum atomic E-state index is 12.0. The second-order valence-electron chi connectivity index (χ2n) is 8.33. The topological polar surface area (TPSA) is 54.6 Å². The molecule has 4 nitrogen and oxygen atoms in total. The number of aromatic hydroxyl groups is 1. The molecule has 3 aromatic heterocycles. The van der Waals surface area contributed by atoms with Crippen LogP contribution in [0.5, 0.6) is 5.88 Å². The summed E-state index contributed by atoms with van der Waals surface area (Å²) in [7, 11) is 0. The fourth-order valence-corrected chi connectivity index (χ4v) is 7.78. The van der Waals surface area contributed by atoms with Gasteiger partial charge in [0.15, 0.2) is 0 Å². The Kier molecular flexibility index (Phi) is 7.75. The van der Waals surface area contributed by atoms with Crippen LogP contribution in [-0.2, 0) is 13.0 Å². The fourth-order valence-electron chi connectivity index (χ4n) is 4.55. The number of amides is 1. The molecule has 4 rings (SSSR count). The number of carbonyl (C=O) groups is 1. The number of nitrogens with zero attached hydrogens (tertiary/aromatic N) is 2. The van der Waals surface area contributed by atoms with Crippen LogP contribution in [-0.4, -0.2) is 21.8 Å². The Morgan fingerprint density at radius 2 is 1.84 bits per heavy atom. The van der Waals surface area contributed by atoms with Crippen molar-refractivity contribution < 1.29 is 9.90 Å². The monoisotopic (exact) mass is 596 g/mol. The van der Waals surface area contributed by atoms with Gasteiger partial charge in [0.2, 0.25) is 5.88 Å². The molecule has 1 aliphatic heterocycles. The number of rotatable bonds is 10. The van der Waals surface area contributed by atoms with Crippen molar-refractivity contribution in [2.24, 2.45) is 16.8 Å². The first-order chi connectivity index (χ1) is 15.4.